The summed E-state index contributed by atoms with van der Waals surface area (Å²) in [6, 6.07) is 3.37. The third kappa shape index (κ3) is 4.76. The minimum Gasteiger partial charge on any atom is -0.378 e. The molecule has 28 heavy (non-hydrogen) atoms. The van der Waals surface area contributed by atoms with Gasteiger partial charge in [0.2, 0.25) is 0 Å². The van der Waals surface area contributed by atoms with Crippen molar-refractivity contribution in [3.8, 4) is 0 Å². The van der Waals surface area contributed by atoms with Crippen LogP contribution in [-0.2, 0) is 17.5 Å². The Morgan fingerprint density at radius 3 is 2.36 bits per heavy atom. The summed E-state index contributed by atoms with van der Waals surface area (Å²) in [5.41, 5.74) is -3.09. The molecule has 0 saturated carbocycles. The Kier molecular flexibility index (Phi) is 5.95. The van der Waals surface area contributed by atoms with Crippen LogP contribution < -0.4 is 10.2 Å². The zero-order chi connectivity index (χ0) is 21.3. The molecule has 1 saturated heterocycles. The Labute approximate surface area is 157 Å². The van der Waals surface area contributed by atoms with Gasteiger partial charge >= 0.3 is 12.4 Å². The van der Waals surface area contributed by atoms with E-state index < -0.39 is 29.2 Å². The predicted octanol–water partition coefficient (Wildman–Crippen LogP) is 3.17. The molecule has 0 aliphatic carbocycles. The van der Waals surface area contributed by atoms with E-state index >= 15 is 0 Å². The van der Waals surface area contributed by atoms with Crippen molar-refractivity contribution in [1.82, 2.24) is 10.2 Å². The van der Waals surface area contributed by atoms with E-state index in [4.69, 9.17) is 5.41 Å². The topological polar surface area (TPSA) is 59.4 Å². The normalized spacial score (nSPS) is 16.6. The average Bonchev–Trinajstić information content (AvgIpc) is 3.01. The lowest BCUT2D eigenvalue weighted by Crippen LogP contribution is -2.31. The van der Waals surface area contributed by atoms with Crippen molar-refractivity contribution in [2.75, 3.05) is 32.1 Å². The number of alkyl halides is 6. The lowest BCUT2D eigenvalue weighted by atomic mass is 10.1. The first-order valence-electron chi connectivity index (χ1n) is 8.07. The Morgan fingerprint density at radius 2 is 1.86 bits per heavy atom. The molecule has 0 amide bonds. The summed E-state index contributed by atoms with van der Waals surface area (Å²) in [7, 11) is 3.13. The third-order valence-electron chi connectivity index (χ3n) is 4.11. The number of halogens is 6. The maximum absolute atomic E-state index is 13.2. The number of carbonyl (C=O) groups is 1. The molecule has 0 aromatic heterocycles. The summed E-state index contributed by atoms with van der Waals surface area (Å²) in [6.45, 7) is 0.207. The number of nitrogens with one attached hydrogen (secondary N) is 2. The number of anilines is 1. The van der Waals surface area contributed by atoms with Crippen molar-refractivity contribution in [3.05, 3.63) is 40.7 Å². The fourth-order valence-corrected chi connectivity index (χ4v) is 2.75. The number of carbonyl (C=O) groups excluding carboxylic acids is 1. The summed E-state index contributed by atoms with van der Waals surface area (Å²) in [4.78, 5) is 14.0. The van der Waals surface area contributed by atoms with E-state index in [2.05, 4.69) is 5.32 Å². The van der Waals surface area contributed by atoms with Gasteiger partial charge in [0.25, 0.3) is 0 Å². The monoisotopic (exact) mass is 408 g/mol. The number of hydrogen-bond donors (Lipinski definition) is 2. The smallest absolute Gasteiger partial charge is 0.378 e. The predicted molar refractivity (Wildman–Crippen MR) is 91.1 cm³/mol. The van der Waals surface area contributed by atoms with Gasteiger partial charge in [-0.15, -0.1) is 0 Å². The SMILES string of the molecule is CN(C)c1cc(CN2CCN/C2=C(/C=O)C(=N)C(F)(F)F)cc(C(F)(F)F)c1. The van der Waals surface area contributed by atoms with Gasteiger partial charge in [-0.05, 0) is 23.8 Å². The lowest BCUT2D eigenvalue weighted by molar-refractivity contribution is -0.137. The maximum atomic E-state index is 13.2. The first kappa shape index (κ1) is 21.6. The highest BCUT2D eigenvalue weighted by molar-refractivity contribution is 6.16. The fraction of sp³-hybridized carbons (Fsp3) is 0.412. The van der Waals surface area contributed by atoms with Crippen LogP contribution in [0.25, 0.3) is 0 Å². The zero-order valence-corrected chi connectivity index (χ0v) is 15.0. The second kappa shape index (κ2) is 7.72. The molecule has 0 bridgehead atoms. The fourth-order valence-electron chi connectivity index (χ4n) is 2.75. The van der Waals surface area contributed by atoms with E-state index in [0.29, 0.717) is 0 Å². The van der Waals surface area contributed by atoms with Crippen molar-refractivity contribution in [2.24, 2.45) is 0 Å². The first-order chi connectivity index (χ1) is 12.8. The second-order valence-corrected chi connectivity index (χ2v) is 6.38. The summed E-state index contributed by atoms with van der Waals surface area (Å²) in [5.74, 6) is -0.221. The number of hydrogen-bond acceptors (Lipinski definition) is 5. The molecular weight excluding hydrogens is 390 g/mol. The van der Waals surface area contributed by atoms with Crippen LogP contribution in [0, 0.1) is 5.41 Å². The molecule has 0 radical (unpaired) electrons. The Bertz CT molecular complexity index is 798. The summed E-state index contributed by atoms with van der Waals surface area (Å²) < 4.78 is 78.0. The Balaban J connectivity index is 2.44. The van der Waals surface area contributed by atoms with Crippen LogP contribution in [0.4, 0.5) is 32.0 Å². The largest absolute Gasteiger partial charge is 0.433 e. The van der Waals surface area contributed by atoms with Crippen LogP contribution in [0.2, 0.25) is 0 Å². The molecule has 0 unspecified atom stereocenters. The molecule has 1 heterocycles. The van der Waals surface area contributed by atoms with Crippen LogP contribution in [-0.4, -0.2) is 50.3 Å². The van der Waals surface area contributed by atoms with Gasteiger partial charge in [0, 0.05) is 39.4 Å². The molecule has 2 N–H and O–H groups in total. The Morgan fingerprint density at radius 1 is 1.21 bits per heavy atom. The Hall–Kier alpha value is -2.72. The van der Waals surface area contributed by atoms with Crippen LogP contribution >= 0.6 is 0 Å². The van der Waals surface area contributed by atoms with Crippen LogP contribution in [0.1, 0.15) is 11.1 Å². The average molecular weight is 408 g/mol. The van der Waals surface area contributed by atoms with Gasteiger partial charge in [0.15, 0.2) is 6.29 Å². The third-order valence-corrected chi connectivity index (χ3v) is 4.11. The minimum atomic E-state index is -5.02. The summed E-state index contributed by atoms with van der Waals surface area (Å²) >= 11 is 0. The maximum Gasteiger partial charge on any atom is 0.433 e. The molecule has 5 nitrogen and oxygen atoms in total. The van der Waals surface area contributed by atoms with Gasteiger partial charge in [-0.25, -0.2) is 0 Å². The van der Waals surface area contributed by atoms with E-state index in [-0.39, 0.29) is 43.0 Å². The van der Waals surface area contributed by atoms with Gasteiger partial charge in [-0.2, -0.15) is 26.3 Å². The molecule has 11 heteroatoms. The summed E-state index contributed by atoms with van der Waals surface area (Å²) in [5, 5.41) is 9.82. The van der Waals surface area contributed by atoms with Gasteiger partial charge in [-0.3, -0.25) is 10.2 Å². The standard InChI is InChI=1S/C17H18F6N4O/c1-26(2)12-6-10(5-11(7-12)16(18,19)20)8-27-4-3-25-15(27)13(9-28)14(24)17(21,22)23/h5-7,9,24-25H,3-4,8H2,1-2H3/b15-13+,24-14?. The molecule has 2 rings (SSSR count). The molecule has 1 aromatic carbocycles. The number of benzene rings is 1. The molecule has 1 aromatic rings. The van der Waals surface area contributed by atoms with Crippen molar-refractivity contribution in [3.63, 3.8) is 0 Å². The molecule has 1 aliphatic rings. The van der Waals surface area contributed by atoms with E-state index in [1.165, 1.54) is 15.9 Å². The van der Waals surface area contributed by atoms with E-state index in [9.17, 15) is 31.1 Å². The highest BCUT2D eigenvalue weighted by Crippen LogP contribution is 2.33. The molecule has 0 atom stereocenters. The van der Waals surface area contributed by atoms with E-state index in [0.717, 1.165) is 12.1 Å². The highest BCUT2D eigenvalue weighted by Gasteiger charge is 2.39. The van der Waals surface area contributed by atoms with E-state index in [1.54, 1.807) is 14.1 Å². The second-order valence-electron chi connectivity index (χ2n) is 6.38. The summed E-state index contributed by atoms with van der Waals surface area (Å²) in [6.07, 6.45) is -9.68. The van der Waals surface area contributed by atoms with Crippen LogP contribution in [0.3, 0.4) is 0 Å². The number of nitrogens with zero attached hydrogens (tertiary/aromatic N) is 2. The van der Waals surface area contributed by atoms with Crippen LogP contribution in [0.5, 0.6) is 0 Å². The van der Waals surface area contributed by atoms with Crippen LogP contribution in [0.15, 0.2) is 29.6 Å². The number of aldehydes is 1. The quantitative estimate of drug-likeness (QED) is 0.340. The van der Waals surface area contributed by atoms with Gasteiger partial charge in [0.1, 0.15) is 11.5 Å². The zero-order valence-electron chi connectivity index (χ0n) is 15.0. The van der Waals surface area contributed by atoms with E-state index in [1.807, 2.05) is 0 Å². The number of rotatable bonds is 5. The minimum absolute atomic E-state index is 0.0755. The molecular formula is C17H18F6N4O. The molecule has 154 valence electrons. The van der Waals surface area contributed by atoms with Gasteiger partial charge in [-0.1, -0.05) is 0 Å². The first-order valence-corrected chi connectivity index (χ1v) is 8.07. The van der Waals surface area contributed by atoms with Crippen molar-refractivity contribution in [1.29, 1.82) is 5.41 Å². The molecule has 0 spiro atoms. The van der Waals surface area contributed by atoms with Gasteiger partial charge in [0.05, 0.1) is 11.1 Å². The molecule has 1 fully saturated rings. The van der Waals surface area contributed by atoms with Crippen molar-refractivity contribution >= 4 is 17.7 Å². The lowest BCUT2D eigenvalue weighted by Gasteiger charge is -2.23. The highest BCUT2D eigenvalue weighted by atomic mass is 19.4. The van der Waals surface area contributed by atoms with Crippen molar-refractivity contribution in [2.45, 2.75) is 18.9 Å². The number of allylic oxidation sites excluding steroid dienone is 1. The van der Waals surface area contributed by atoms with Crippen molar-refractivity contribution < 1.29 is 31.1 Å². The van der Waals surface area contributed by atoms with Gasteiger partial charge < -0.3 is 15.1 Å². The molecule has 1 aliphatic heterocycles.